The van der Waals surface area contributed by atoms with E-state index in [9.17, 15) is 14.9 Å². The highest BCUT2D eigenvalue weighted by Crippen LogP contribution is 2.36. The molecule has 1 N–H and O–H groups in total. The van der Waals surface area contributed by atoms with Crippen LogP contribution in [0.15, 0.2) is 48.8 Å². The Hall–Kier alpha value is -4.01. The van der Waals surface area contributed by atoms with Crippen molar-refractivity contribution in [1.29, 1.82) is 0 Å². The van der Waals surface area contributed by atoms with E-state index in [1.54, 1.807) is 0 Å². The van der Waals surface area contributed by atoms with Gasteiger partial charge in [0.2, 0.25) is 5.82 Å². The van der Waals surface area contributed by atoms with Crippen LogP contribution in [0, 0.1) is 24.0 Å². The van der Waals surface area contributed by atoms with Crippen molar-refractivity contribution in [3.63, 3.8) is 0 Å². The first-order chi connectivity index (χ1) is 13.9. The van der Waals surface area contributed by atoms with Gasteiger partial charge < -0.3 is 14.8 Å². The number of rotatable bonds is 6. The summed E-state index contributed by atoms with van der Waals surface area (Å²) in [6.07, 6.45) is 1.18. The topological polar surface area (TPSA) is 116 Å². The molecular formula is C20H18N4O5. The van der Waals surface area contributed by atoms with Crippen LogP contribution in [-0.2, 0) is 4.74 Å². The number of methoxy groups -OCH3 is 1. The van der Waals surface area contributed by atoms with Crippen molar-refractivity contribution in [3.05, 3.63) is 75.6 Å². The number of esters is 1. The molecule has 3 rings (SSSR count). The molecule has 0 bridgehead atoms. The average molecular weight is 394 g/mol. The lowest BCUT2D eigenvalue weighted by molar-refractivity contribution is -0.385. The summed E-state index contributed by atoms with van der Waals surface area (Å²) < 4.78 is 10.2. The summed E-state index contributed by atoms with van der Waals surface area (Å²) in [5.41, 5.74) is 2.53. The van der Waals surface area contributed by atoms with Gasteiger partial charge in [0.05, 0.1) is 17.6 Å². The first kappa shape index (κ1) is 19.7. The average Bonchev–Trinajstić information content (AvgIpc) is 2.70. The number of nitro groups is 1. The summed E-state index contributed by atoms with van der Waals surface area (Å²) in [5, 5.41) is 14.7. The maximum absolute atomic E-state index is 11.7. The van der Waals surface area contributed by atoms with Crippen molar-refractivity contribution >= 4 is 23.2 Å². The summed E-state index contributed by atoms with van der Waals surface area (Å²) in [5.74, 6) is -0.426. The number of ether oxygens (including phenoxy) is 2. The van der Waals surface area contributed by atoms with Crippen molar-refractivity contribution in [3.8, 4) is 11.6 Å². The predicted molar refractivity (Wildman–Crippen MR) is 106 cm³/mol. The molecule has 3 aromatic rings. The van der Waals surface area contributed by atoms with Gasteiger partial charge in [-0.1, -0.05) is 12.1 Å². The van der Waals surface area contributed by atoms with E-state index in [0.29, 0.717) is 11.3 Å². The molecule has 0 atom stereocenters. The molecule has 9 heteroatoms. The third kappa shape index (κ3) is 4.46. The van der Waals surface area contributed by atoms with Gasteiger partial charge in [0.15, 0.2) is 0 Å². The Bertz CT molecular complexity index is 1070. The SMILES string of the molecule is COC(=O)c1ccc(Oc2ncnc(Nc3cc(C)ccc3C)c2[N+](=O)[O-])cc1. The number of aryl methyl sites for hydroxylation is 2. The molecule has 29 heavy (non-hydrogen) atoms. The minimum absolute atomic E-state index is 0.0138. The minimum atomic E-state index is -0.606. The largest absolute Gasteiger partial charge is 0.465 e. The Labute approximate surface area is 166 Å². The fourth-order valence-electron chi connectivity index (χ4n) is 2.58. The lowest BCUT2D eigenvalue weighted by atomic mass is 10.1. The van der Waals surface area contributed by atoms with Crippen LogP contribution >= 0.6 is 0 Å². The van der Waals surface area contributed by atoms with Crippen molar-refractivity contribution in [2.75, 3.05) is 12.4 Å². The quantitative estimate of drug-likeness (QED) is 0.373. The van der Waals surface area contributed by atoms with Gasteiger partial charge >= 0.3 is 17.5 Å². The number of nitrogens with one attached hydrogen (secondary N) is 1. The van der Waals surface area contributed by atoms with Crippen LogP contribution in [0.4, 0.5) is 17.2 Å². The molecule has 148 valence electrons. The zero-order valence-electron chi connectivity index (χ0n) is 16.0. The lowest BCUT2D eigenvalue weighted by Crippen LogP contribution is -2.04. The highest BCUT2D eigenvalue weighted by Gasteiger charge is 2.25. The molecule has 0 saturated heterocycles. The maximum Gasteiger partial charge on any atom is 0.373 e. The number of hydrogen-bond acceptors (Lipinski definition) is 8. The Morgan fingerprint density at radius 1 is 1.10 bits per heavy atom. The van der Waals surface area contributed by atoms with E-state index in [2.05, 4.69) is 20.0 Å². The molecule has 2 aromatic carbocycles. The van der Waals surface area contributed by atoms with E-state index >= 15 is 0 Å². The number of aromatic nitrogens is 2. The minimum Gasteiger partial charge on any atom is -0.465 e. The fourth-order valence-corrected chi connectivity index (χ4v) is 2.58. The van der Waals surface area contributed by atoms with Crippen LogP contribution < -0.4 is 10.1 Å². The standard InChI is InChI=1S/C20H18N4O5/c1-12-4-5-13(2)16(10-12)23-18-17(24(26)27)19(22-11-21-18)29-15-8-6-14(7-9-15)20(25)28-3/h4-11H,1-3H3,(H,21,22,23). The van der Waals surface area contributed by atoms with E-state index in [0.717, 1.165) is 11.1 Å². The predicted octanol–water partition coefficient (Wildman–Crippen LogP) is 4.32. The second-order valence-corrected chi connectivity index (χ2v) is 6.19. The number of benzene rings is 2. The molecule has 0 radical (unpaired) electrons. The van der Waals surface area contributed by atoms with Gasteiger partial charge in [0.1, 0.15) is 12.1 Å². The number of hydrogen-bond donors (Lipinski definition) is 1. The highest BCUT2D eigenvalue weighted by molar-refractivity contribution is 5.89. The normalized spacial score (nSPS) is 10.3. The third-order valence-electron chi connectivity index (χ3n) is 4.11. The molecule has 1 heterocycles. The van der Waals surface area contributed by atoms with Gasteiger partial charge in [0, 0.05) is 5.69 Å². The van der Waals surface area contributed by atoms with E-state index in [1.165, 1.54) is 37.7 Å². The van der Waals surface area contributed by atoms with Crippen LogP contribution in [-0.4, -0.2) is 28.0 Å². The molecule has 0 unspecified atom stereocenters. The van der Waals surface area contributed by atoms with Crippen LogP contribution in [0.1, 0.15) is 21.5 Å². The van der Waals surface area contributed by atoms with Crippen molar-refractivity contribution < 1.29 is 19.2 Å². The van der Waals surface area contributed by atoms with Gasteiger partial charge in [-0.25, -0.2) is 9.78 Å². The first-order valence-electron chi connectivity index (χ1n) is 8.59. The summed E-state index contributed by atoms with van der Waals surface area (Å²) in [4.78, 5) is 30.5. The Morgan fingerprint density at radius 2 is 1.83 bits per heavy atom. The van der Waals surface area contributed by atoms with Crippen LogP contribution in [0.2, 0.25) is 0 Å². The van der Waals surface area contributed by atoms with Crippen LogP contribution in [0.25, 0.3) is 0 Å². The molecule has 9 nitrogen and oxygen atoms in total. The number of carbonyl (C=O) groups excluding carboxylic acids is 1. The molecule has 0 aliphatic heterocycles. The van der Waals surface area contributed by atoms with Crippen molar-refractivity contribution in [2.45, 2.75) is 13.8 Å². The third-order valence-corrected chi connectivity index (χ3v) is 4.11. The zero-order chi connectivity index (χ0) is 21.0. The molecular weight excluding hydrogens is 376 g/mol. The Balaban J connectivity index is 1.94. The molecule has 1 aromatic heterocycles. The Kier molecular flexibility index (Phi) is 5.68. The second kappa shape index (κ2) is 8.34. The summed E-state index contributed by atoms with van der Waals surface area (Å²) in [6.45, 7) is 3.81. The maximum atomic E-state index is 11.7. The molecule has 0 spiro atoms. The van der Waals surface area contributed by atoms with Crippen molar-refractivity contribution in [1.82, 2.24) is 9.97 Å². The van der Waals surface area contributed by atoms with Crippen LogP contribution in [0.5, 0.6) is 11.6 Å². The molecule has 0 aliphatic rings. The van der Waals surface area contributed by atoms with Gasteiger partial charge in [0.25, 0.3) is 0 Å². The van der Waals surface area contributed by atoms with Crippen molar-refractivity contribution in [2.24, 2.45) is 0 Å². The van der Waals surface area contributed by atoms with Crippen LogP contribution in [0.3, 0.4) is 0 Å². The molecule has 0 amide bonds. The fraction of sp³-hybridized carbons (Fsp3) is 0.150. The van der Waals surface area contributed by atoms with E-state index in [-0.39, 0.29) is 17.4 Å². The zero-order valence-corrected chi connectivity index (χ0v) is 16.0. The van der Waals surface area contributed by atoms with E-state index < -0.39 is 16.6 Å². The van der Waals surface area contributed by atoms with Gasteiger partial charge in [-0.2, -0.15) is 4.98 Å². The highest BCUT2D eigenvalue weighted by atomic mass is 16.6. The van der Waals surface area contributed by atoms with Gasteiger partial charge in [-0.15, -0.1) is 0 Å². The van der Waals surface area contributed by atoms with Gasteiger partial charge in [-0.05, 0) is 55.3 Å². The second-order valence-electron chi connectivity index (χ2n) is 6.19. The monoisotopic (exact) mass is 394 g/mol. The molecule has 0 fully saturated rings. The summed E-state index contributed by atoms with van der Waals surface area (Å²) in [7, 11) is 1.28. The Morgan fingerprint density at radius 3 is 2.48 bits per heavy atom. The smallest absolute Gasteiger partial charge is 0.373 e. The van der Waals surface area contributed by atoms with E-state index in [4.69, 9.17) is 4.74 Å². The number of nitrogens with zero attached hydrogens (tertiary/aromatic N) is 3. The first-order valence-corrected chi connectivity index (χ1v) is 8.59. The summed E-state index contributed by atoms with van der Waals surface area (Å²) >= 11 is 0. The molecule has 0 saturated carbocycles. The van der Waals surface area contributed by atoms with Gasteiger partial charge in [-0.3, -0.25) is 10.1 Å². The summed E-state index contributed by atoms with van der Waals surface area (Å²) in [6, 6.07) is 11.7. The van der Waals surface area contributed by atoms with E-state index in [1.807, 2.05) is 32.0 Å². The number of anilines is 2. The lowest BCUT2D eigenvalue weighted by Gasteiger charge is -2.11. The number of carbonyl (C=O) groups is 1. The molecule has 0 aliphatic carbocycles.